The number of nitrogens with two attached hydrogens (primary N) is 1. The lowest BCUT2D eigenvalue weighted by molar-refractivity contribution is 0.102. The maximum Gasteiger partial charge on any atom is 0.274 e. The number of amides is 1. The number of aromatic nitrogens is 1. The summed E-state index contributed by atoms with van der Waals surface area (Å²) in [6.07, 6.45) is 1.43. The van der Waals surface area contributed by atoms with E-state index in [2.05, 4.69) is 15.3 Å². The van der Waals surface area contributed by atoms with Crippen LogP contribution in [0.5, 0.6) is 0 Å². The van der Waals surface area contributed by atoms with Crippen molar-refractivity contribution in [3.8, 4) is 0 Å². The summed E-state index contributed by atoms with van der Waals surface area (Å²) in [5, 5.41) is 2.61. The Hall–Kier alpha value is -2.87. The van der Waals surface area contributed by atoms with Crippen molar-refractivity contribution in [3.63, 3.8) is 0 Å². The first-order chi connectivity index (χ1) is 12.0. The zero-order chi connectivity index (χ0) is 17.8. The number of nitrogens with one attached hydrogen (secondary N) is 1. The number of benzene rings is 1. The van der Waals surface area contributed by atoms with E-state index in [1.165, 1.54) is 24.3 Å². The molecule has 1 aliphatic heterocycles. The minimum absolute atomic E-state index is 0.0532. The van der Waals surface area contributed by atoms with Crippen molar-refractivity contribution in [1.29, 1.82) is 0 Å². The van der Waals surface area contributed by atoms with Crippen molar-refractivity contribution >= 4 is 17.4 Å². The van der Waals surface area contributed by atoms with E-state index in [0.717, 1.165) is 12.3 Å². The van der Waals surface area contributed by atoms with Gasteiger partial charge in [-0.3, -0.25) is 9.79 Å². The van der Waals surface area contributed by atoms with Crippen LogP contribution in [0.4, 0.5) is 14.5 Å². The first-order valence-corrected chi connectivity index (χ1v) is 7.65. The average Bonchev–Trinajstić information content (AvgIpc) is 2.81. The van der Waals surface area contributed by atoms with Crippen molar-refractivity contribution < 1.29 is 18.3 Å². The summed E-state index contributed by atoms with van der Waals surface area (Å²) in [5.74, 6) is -1.20. The lowest BCUT2D eigenvalue weighted by Crippen LogP contribution is -2.18. The van der Waals surface area contributed by atoms with Crippen molar-refractivity contribution in [3.05, 3.63) is 59.4 Å². The van der Waals surface area contributed by atoms with E-state index < -0.39 is 23.6 Å². The van der Waals surface area contributed by atoms with Crippen LogP contribution in [0.2, 0.25) is 0 Å². The van der Waals surface area contributed by atoms with Crippen LogP contribution in [0.3, 0.4) is 0 Å². The Morgan fingerprint density at radius 3 is 2.88 bits per heavy atom. The second kappa shape index (κ2) is 7.35. The minimum atomic E-state index is -0.536. The highest BCUT2D eigenvalue weighted by Crippen LogP contribution is 2.28. The Morgan fingerprint density at radius 2 is 2.12 bits per heavy atom. The molecule has 3 rings (SSSR count). The molecule has 0 saturated carbocycles. The van der Waals surface area contributed by atoms with Gasteiger partial charge in [0.25, 0.3) is 5.91 Å². The largest absolute Gasteiger partial charge is 0.386 e. The van der Waals surface area contributed by atoms with Gasteiger partial charge in [0.1, 0.15) is 29.8 Å². The Bertz CT molecular complexity index is 809. The molecule has 0 saturated heterocycles. The zero-order valence-electron chi connectivity index (χ0n) is 13.2. The van der Waals surface area contributed by atoms with Gasteiger partial charge in [-0.2, -0.15) is 0 Å². The van der Waals surface area contributed by atoms with Gasteiger partial charge in [-0.05, 0) is 36.8 Å². The standard InChI is InChI=1S/C17H16F2N4O2/c18-10-1-4-15(21-8-10)17(24)22-11-2-3-13(19)12(7-11)14-5-6-25-9-16(20)23-14/h1-4,7-8,14H,5-6,9H2,(H2,20,23)(H,22,24). The fourth-order valence-corrected chi connectivity index (χ4v) is 2.48. The van der Waals surface area contributed by atoms with E-state index >= 15 is 0 Å². The molecule has 0 bridgehead atoms. The molecule has 1 aromatic carbocycles. The molecule has 1 aliphatic rings. The highest BCUT2D eigenvalue weighted by Gasteiger charge is 2.19. The van der Waals surface area contributed by atoms with Crippen LogP contribution in [0.15, 0.2) is 41.5 Å². The molecule has 3 N–H and O–H groups in total. The van der Waals surface area contributed by atoms with Crippen LogP contribution >= 0.6 is 0 Å². The molecule has 1 amide bonds. The predicted molar refractivity (Wildman–Crippen MR) is 88.3 cm³/mol. The summed E-state index contributed by atoms with van der Waals surface area (Å²) in [6.45, 7) is 0.620. The number of nitrogens with zero attached hydrogens (tertiary/aromatic N) is 2. The minimum Gasteiger partial charge on any atom is -0.386 e. The number of rotatable bonds is 3. The molecule has 0 fully saturated rings. The number of ether oxygens (including phenoxy) is 1. The molecule has 1 atom stereocenters. The molecule has 1 aromatic heterocycles. The van der Waals surface area contributed by atoms with Gasteiger partial charge < -0.3 is 15.8 Å². The van der Waals surface area contributed by atoms with Crippen LogP contribution in [0.1, 0.15) is 28.5 Å². The van der Waals surface area contributed by atoms with Crippen LogP contribution in [0, 0.1) is 11.6 Å². The molecular formula is C17H16F2N4O2. The molecule has 0 spiro atoms. The second-order valence-corrected chi connectivity index (χ2v) is 5.53. The topological polar surface area (TPSA) is 89.6 Å². The van der Waals surface area contributed by atoms with Gasteiger partial charge in [0.15, 0.2) is 0 Å². The molecule has 25 heavy (non-hydrogen) atoms. The fraction of sp³-hybridized carbons (Fsp3) is 0.235. The van der Waals surface area contributed by atoms with E-state index in [1.54, 1.807) is 0 Å². The summed E-state index contributed by atoms with van der Waals surface area (Å²) >= 11 is 0. The molecule has 6 nitrogen and oxygen atoms in total. The molecule has 130 valence electrons. The molecule has 8 heteroatoms. The number of hydrogen-bond acceptors (Lipinski definition) is 5. The highest BCUT2D eigenvalue weighted by atomic mass is 19.1. The van der Waals surface area contributed by atoms with Crippen LogP contribution in [-0.2, 0) is 4.74 Å². The number of amidine groups is 1. The van der Waals surface area contributed by atoms with Crippen molar-refractivity contribution in [2.45, 2.75) is 12.5 Å². The molecule has 0 aliphatic carbocycles. The number of anilines is 1. The zero-order valence-corrected chi connectivity index (χ0v) is 13.2. The fourth-order valence-electron chi connectivity index (χ4n) is 2.48. The smallest absolute Gasteiger partial charge is 0.274 e. The summed E-state index contributed by atoms with van der Waals surface area (Å²) in [7, 11) is 0. The average molecular weight is 346 g/mol. The SMILES string of the molecule is NC1=NC(c2cc(NC(=O)c3ccc(F)cn3)ccc2F)CCOC1. The molecule has 1 unspecified atom stereocenters. The van der Waals surface area contributed by atoms with E-state index in [-0.39, 0.29) is 12.3 Å². The number of hydrogen-bond donors (Lipinski definition) is 2. The number of carbonyl (C=O) groups is 1. The third-order valence-corrected chi connectivity index (χ3v) is 3.68. The van der Waals surface area contributed by atoms with Gasteiger partial charge in [-0.15, -0.1) is 0 Å². The van der Waals surface area contributed by atoms with Gasteiger partial charge in [0.2, 0.25) is 0 Å². The van der Waals surface area contributed by atoms with E-state index in [1.807, 2.05) is 0 Å². The van der Waals surface area contributed by atoms with Gasteiger partial charge in [0, 0.05) is 17.9 Å². The van der Waals surface area contributed by atoms with Crippen molar-refractivity contribution in [2.24, 2.45) is 10.7 Å². The number of carbonyl (C=O) groups excluding carboxylic acids is 1. The van der Waals surface area contributed by atoms with E-state index in [0.29, 0.717) is 30.1 Å². The van der Waals surface area contributed by atoms with Gasteiger partial charge in [-0.1, -0.05) is 0 Å². The van der Waals surface area contributed by atoms with Crippen molar-refractivity contribution in [1.82, 2.24) is 4.98 Å². The molecule has 0 radical (unpaired) electrons. The van der Waals surface area contributed by atoms with E-state index in [9.17, 15) is 13.6 Å². The Morgan fingerprint density at radius 1 is 1.28 bits per heavy atom. The van der Waals surface area contributed by atoms with Gasteiger partial charge in [0.05, 0.1) is 12.2 Å². The maximum absolute atomic E-state index is 14.2. The number of aliphatic imine (C=N–C) groups is 1. The number of halogens is 2. The molecule has 2 aromatic rings. The van der Waals surface area contributed by atoms with E-state index in [4.69, 9.17) is 10.5 Å². The lowest BCUT2D eigenvalue weighted by atomic mass is 10.0. The third-order valence-electron chi connectivity index (χ3n) is 3.68. The maximum atomic E-state index is 14.2. The Labute approximate surface area is 142 Å². The first-order valence-electron chi connectivity index (χ1n) is 7.65. The normalized spacial score (nSPS) is 17.5. The Kier molecular flexibility index (Phi) is 4.99. The quantitative estimate of drug-likeness (QED) is 0.893. The monoisotopic (exact) mass is 346 g/mol. The second-order valence-electron chi connectivity index (χ2n) is 5.53. The molecular weight excluding hydrogens is 330 g/mol. The van der Waals surface area contributed by atoms with Crippen LogP contribution < -0.4 is 11.1 Å². The predicted octanol–water partition coefficient (Wildman–Crippen LogP) is 2.43. The summed E-state index contributed by atoms with van der Waals surface area (Å²) < 4.78 is 32.4. The summed E-state index contributed by atoms with van der Waals surface area (Å²) in [6, 6.07) is 6.11. The van der Waals surface area contributed by atoms with Crippen LogP contribution in [0.25, 0.3) is 0 Å². The van der Waals surface area contributed by atoms with Gasteiger partial charge >= 0.3 is 0 Å². The van der Waals surface area contributed by atoms with Gasteiger partial charge in [-0.25, -0.2) is 13.8 Å². The lowest BCUT2D eigenvalue weighted by Gasteiger charge is -2.14. The summed E-state index contributed by atoms with van der Waals surface area (Å²) in [5.41, 5.74) is 6.47. The number of pyridine rings is 1. The molecule has 2 heterocycles. The van der Waals surface area contributed by atoms with Crippen molar-refractivity contribution in [2.75, 3.05) is 18.5 Å². The van der Waals surface area contributed by atoms with Crippen LogP contribution in [-0.4, -0.2) is 29.9 Å². The first kappa shape index (κ1) is 17.0. The highest BCUT2D eigenvalue weighted by molar-refractivity contribution is 6.02. The Balaban J connectivity index is 1.82. The third kappa shape index (κ3) is 4.16. The summed E-state index contributed by atoms with van der Waals surface area (Å²) in [4.78, 5) is 20.1.